The van der Waals surface area contributed by atoms with E-state index in [0.717, 1.165) is 0 Å². The topological polar surface area (TPSA) is 82.3 Å². The molecule has 0 radical (unpaired) electrons. The number of halogens is 1. The maximum atomic E-state index is 10.9. The molecule has 9 heteroatoms. The molecule has 0 bridgehead atoms. The zero-order valence-corrected chi connectivity index (χ0v) is 19.4. The van der Waals surface area contributed by atoms with Gasteiger partial charge in [0.25, 0.3) is 0 Å². The quantitative estimate of drug-likeness (QED) is 0.547. The number of imidazole rings is 1. The van der Waals surface area contributed by atoms with Crippen molar-refractivity contribution in [3.05, 3.63) is 17.8 Å². The molecule has 156 valence electrons. The molecule has 0 aromatic carbocycles. The molecule has 3 heterocycles. The Hall–Kier alpha value is -1.06. The average Bonchev–Trinajstić information content (AvgIpc) is 3.13. The third kappa shape index (κ3) is 3.50. The van der Waals surface area contributed by atoms with Gasteiger partial charge in [0.15, 0.2) is 11.9 Å². The number of rotatable bonds is 6. The van der Waals surface area contributed by atoms with Gasteiger partial charge in [-0.2, -0.15) is 4.98 Å². The summed E-state index contributed by atoms with van der Waals surface area (Å²) in [5.74, 6) is 0. The monoisotopic (exact) mass is 426 g/mol. The zero-order chi connectivity index (χ0) is 20.8. The summed E-state index contributed by atoms with van der Waals surface area (Å²) in [4.78, 5) is 12.7. The molecule has 0 unspecified atom stereocenters. The lowest BCUT2D eigenvalue weighted by molar-refractivity contribution is -0.0269. The number of aromatic nitrogens is 4. The fourth-order valence-corrected chi connectivity index (χ4v) is 10.5. The van der Waals surface area contributed by atoms with Crippen molar-refractivity contribution < 1.29 is 14.3 Å². The maximum absolute atomic E-state index is 10.9. The first-order chi connectivity index (χ1) is 13.1. The fourth-order valence-electron chi connectivity index (χ4n) is 4.80. The molecular formula is C19H31ClN4O3Si. The largest absolute Gasteiger partial charge is 0.406 e. The highest BCUT2D eigenvalue weighted by Gasteiger charge is 2.53. The van der Waals surface area contributed by atoms with Crippen LogP contribution in [0.3, 0.4) is 0 Å². The highest BCUT2D eigenvalue weighted by molar-refractivity contribution is 6.77. The number of ether oxygens (including phenoxy) is 1. The Balaban J connectivity index is 2.05. The van der Waals surface area contributed by atoms with Gasteiger partial charge >= 0.3 is 0 Å². The summed E-state index contributed by atoms with van der Waals surface area (Å²) in [6.45, 7) is 15.2. The van der Waals surface area contributed by atoms with Gasteiger partial charge in [-0.25, -0.2) is 9.97 Å². The Morgan fingerprint density at radius 1 is 1.14 bits per heavy atom. The lowest BCUT2D eigenvalue weighted by Gasteiger charge is -2.45. The van der Waals surface area contributed by atoms with E-state index in [1.54, 1.807) is 17.1 Å². The number of hydrogen-bond donors (Lipinski definition) is 1. The Kier molecular flexibility index (Phi) is 6.17. The van der Waals surface area contributed by atoms with Gasteiger partial charge in [-0.15, -0.1) is 0 Å². The smallest absolute Gasteiger partial charge is 0.224 e. The van der Waals surface area contributed by atoms with Crippen molar-refractivity contribution >= 4 is 31.1 Å². The van der Waals surface area contributed by atoms with Gasteiger partial charge in [-0.3, -0.25) is 4.57 Å². The molecule has 2 aromatic heterocycles. The van der Waals surface area contributed by atoms with E-state index < -0.39 is 26.8 Å². The van der Waals surface area contributed by atoms with Crippen LogP contribution in [0.4, 0.5) is 0 Å². The SMILES string of the molecule is CC(C)[Si](O[C@@H]1[C@H](O)[C@@H](C)O[C@H]1n1cnc2cnc(Cl)nc21)(C(C)C)C(C)C. The minimum absolute atomic E-state index is 0.147. The van der Waals surface area contributed by atoms with Gasteiger partial charge in [0.1, 0.15) is 17.7 Å². The van der Waals surface area contributed by atoms with Crippen molar-refractivity contribution in [1.29, 1.82) is 0 Å². The molecular weight excluding hydrogens is 396 g/mol. The van der Waals surface area contributed by atoms with E-state index in [1.807, 2.05) is 6.92 Å². The Morgan fingerprint density at radius 2 is 1.75 bits per heavy atom. The average molecular weight is 427 g/mol. The molecule has 1 fully saturated rings. The van der Waals surface area contributed by atoms with Crippen molar-refractivity contribution in [3.63, 3.8) is 0 Å². The van der Waals surface area contributed by atoms with Crippen LogP contribution in [0.5, 0.6) is 0 Å². The summed E-state index contributed by atoms with van der Waals surface area (Å²) in [5.41, 5.74) is 2.39. The molecule has 0 saturated carbocycles. The number of hydrogen-bond acceptors (Lipinski definition) is 6. The van der Waals surface area contributed by atoms with Gasteiger partial charge in [0, 0.05) is 0 Å². The van der Waals surface area contributed by atoms with Crippen LogP contribution in [0, 0.1) is 0 Å². The Labute approximate surface area is 172 Å². The molecule has 1 aliphatic rings. The van der Waals surface area contributed by atoms with Gasteiger partial charge in [0.2, 0.25) is 13.6 Å². The Morgan fingerprint density at radius 3 is 2.32 bits per heavy atom. The highest BCUT2D eigenvalue weighted by Crippen LogP contribution is 2.46. The number of fused-ring (bicyclic) bond motifs is 1. The first-order valence-corrected chi connectivity index (χ1v) is 12.5. The van der Waals surface area contributed by atoms with Crippen molar-refractivity contribution in [1.82, 2.24) is 19.5 Å². The molecule has 1 saturated heterocycles. The second-order valence-electron chi connectivity index (χ2n) is 8.62. The van der Waals surface area contributed by atoms with Crippen LogP contribution in [-0.4, -0.2) is 51.3 Å². The summed E-state index contributed by atoms with van der Waals surface area (Å²) < 4.78 is 14.9. The summed E-state index contributed by atoms with van der Waals surface area (Å²) in [6.07, 6.45) is 1.13. The van der Waals surface area contributed by atoms with E-state index in [4.69, 9.17) is 20.8 Å². The van der Waals surface area contributed by atoms with Crippen LogP contribution in [0.15, 0.2) is 12.5 Å². The molecule has 28 heavy (non-hydrogen) atoms. The van der Waals surface area contributed by atoms with Crippen LogP contribution in [0.25, 0.3) is 11.2 Å². The summed E-state index contributed by atoms with van der Waals surface area (Å²) in [6, 6.07) is 0. The normalized spacial score (nSPS) is 26.3. The van der Waals surface area contributed by atoms with E-state index in [9.17, 15) is 5.11 Å². The number of nitrogens with zero attached hydrogens (tertiary/aromatic N) is 4. The third-order valence-electron chi connectivity index (χ3n) is 6.06. The van der Waals surface area contributed by atoms with E-state index in [1.165, 1.54) is 0 Å². The van der Waals surface area contributed by atoms with E-state index in [0.29, 0.717) is 27.8 Å². The van der Waals surface area contributed by atoms with Crippen LogP contribution in [0.1, 0.15) is 54.7 Å². The predicted molar refractivity (Wildman–Crippen MR) is 112 cm³/mol. The van der Waals surface area contributed by atoms with Gasteiger partial charge in [-0.05, 0) is 35.1 Å². The lowest BCUT2D eigenvalue weighted by atomic mass is 10.1. The van der Waals surface area contributed by atoms with Crippen molar-refractivity contribution in [2.45, 2.75) is 89.6 Å². The minimum Gasteiger partial charge on any atom is -0.406 e. The second kappa shape index (κ2) is 7.99. The van der Waals surface area contributed by atoms with E-state index >= 15 is 0 Å². The third-order valence-corrected chi connectivity index (χ3v) is 12.3. The van der Waals surface area contributed by atoms with Gasteiger partial charge in [0.05, 0.1) is 18.6 Å². The molecule has 7 nitrogen and oxygen atoms in total. The lowest BCUT2D eigenvalue weighted by Crippen LogP contribution is -2.53. The molecule has 2 aromatic rings. The summed E-state index contributed by atoms with van der Waals surface area (Å²) in [7, 11) is -2.23. The number of aliphatic hydroxyl groups is 1. The molecule has 0 amide bonds. The number of aliphatic hydroxyl groups excluding tert-OH is 1. The van der Waals surface area contributed by atoms with E-state index in [-0.39, 0.29) is 11.4 Å². The summed E-state index contributed by atoms with van der Waals surface area (Å²) in [5, 5.41) is 11.1. The van der Waals surface area contributed by atoms with Gasteiger partial charge in [-0.1, -0.05) is 41.5 Å². The van der Waals surface area contributed by atoms with Crippen molar-refractivity contribution in [3.8, 4) is 0 Å². The predicted octanol–water partition coefficient (Wildman–Crippen LogP) is 4.32. The first kappa shape index (κ1) is 21.6. The fraction of sp³-hybridized carbons (Fsp3) is 0.737. The standard InChI is InChI=1S/C19H31ClN4O3Si/c1-10(2)28(11(3)4,12(5)6)27-16-15(25)13(7)26-18(16)24-9-22-14-8-21-19(20)23-17(14)24/h8-13,15-16,18,25H,1-7H3/t13-,15-,16-,18-/m1/s1. The minimum atomic E-state index is -2.23. The van der Waals surface area contributed by atoms with Crippen molar-refractivity contribution in [2.24, 2.45) is 0 Å². The molecule has 3 rings (SSSR count). The molecule has 1 aliphatic heterocycles. The molecule has 0 spiro atoms. The Bertz CT molecular complexity index is 807. The van der Waals surface area contributed by atoms with Crippen LogP contribution in [-0.2, 0) is 9.16 Å². The zero-order valence-electron chi connectivity index (χ0n) is 17.6. The molecule has 4 atom stereocenters. The van der Waals surface area contributed by atoms with E-state index in [2.05, 4.69) is 56.5 Å². The van der Waals surface area contributed by atoms with Crippen LogP contribution < -0.4 is 0 Å². The first-order valence-electron chi connectivity index (χ1n) is 9.96. The van der Waals surface area contributed by atoms with Crippen LogP contribution in [0.2, 0.25) is 21.9 Å². The maximum Gasteiger partial charge on any atom is 0.224 e. The molecule has 0 aliphatic carbocycles. The summed E-state index contributed by atoms with van der Waals surface area (Å²) >= 11 is 6.00. The van der Waals surface area contributed by atoms with Gasteiger partial charge < -0.3 is 14.3 Å². The second-order valence-corrected chi connectivity index (χ2v) is 14.4. The molecule has 1 N–H and O–H groups in total. The van der Waals surface area contributed by atoms with Crippen LogP contribution >= 0.6 is 11.6 Å². The highest BCUT2D eigenvalue weighted by atomic mass is 35.5. The van der Waals surface area contributed by atoms with Crippen molar-refractivity contribution in [2.75, 3.05) is 0 Å².